The predicted molar refractivity (Wildman–Crippen MR) is 137 cm³/mol. The van der Waals surface area contributed by atoms with Crippen molar-refractivity contribution in [2.45, 2.75) is 52.4 Å². The Morgan fingerprint density at radius 1 is 0.774 bits per heavy atom. The molecule has 0 heterocycles. The molecule has 2 aromatic rings. The number of hydrazone groups is 1. The molecule has 0 saturated carbocycles. The van der Waals surface area contributed by atoms with Gasteiger partial charge in [0.25, 0.3) is 0 Å². The standard InChI is InChI=1S/C23H29Cl2N5.ClH/c1-3-5-7-21(17-9-13-19(24)14-10-17)27-29-23(26)30-28-22(8-6-4-2)18-11-15-20(25)16-12-18;/h9-16H,3-8H2,1-2H3,(H3,26,29,30);1H/b27-21+,28-22+;. The van der Waals surface area contributed by atoms with Gasteiger partial charge in [-0.3, -0.25) is 0 Å². The summed E-state index contributed by atoms with van der Waals surface area (Å²) in [4.78, 5) is 0. The van der Waals surface area contributed by atoms with Gasteiger partial charge in [0.15, 0.2) is 0 Å². The number of benzene rings is 2. The van der Waals surface area contributed by atoms with Crippen LogP contribution in [0.3, 0.4) is 0 Å². The van der Waals surface area contributed by atoms with Gasteiger partial charge in [-0.1, -0.05) is 74.2 Å². The molecule has 3 N–H and O–H groups in total. The van der Waals surface area contributed by atoms with Crippen LogP contribution < -0.4 is 11.2 Å². The minimum Gasteiger partial charge on any atom is -0.367 e. The number of nitrogens with zero attached hydrogens (tertiary/aromatic N) is 3. The molecule has 0 atom stereocenters. The summed E-state index contributed by atoms with van der Waals surface area (Å²) in [5.41, 5.74) is 12.6. The first-order chi connectivity index (χ1) is 14.5. The molecule has 0 spiro atoms. The Labute approximate surface area is 201 Å². The molecule has 0 bridgehead atoms. The second-order valence-corrected chi connectivity index (χ2v) is 7.80. The number of hydrogen-bond donors (Lipinski definition) is 2. The van der Waals surface area contributed by atoms with E-state index in [-0.39, 0.29) is 18.4 Å². The molecule has 2 aromatic carbocycles. The Morgan fingerprint density at radius 3 is 1.71 bits per heavy atom. The molecule has 0 unspecified atom stereocenters. The molecule has 0 aliphatic carbocycles. The van der Waals surface area contributed by atoms with Crippen LogP contribution in [0.15, 0.2) is 63.8 Å². The fourth-order valence-electron chi connectivity index (χ4n) is 2.75. The van der Waals surface area contributed by atoms with Crippen molar-refractivity contribution in [3.63, 3.8) is 0 Å². The number of nitrogens with two attached hydrogens (primary N) is 1. The summed E-state index contributed by atoms with van der Waals surface area (Å²) in [6.45, 7) is 4.29. The van der Waals surface area contributed by atoms with Crippen molar-refractivity contribution in [3.05, 3.63) is 69.7 Å². The molecule has 0 aromatic heterocycles. The normalized spacial score (nSPS) is 12.5. The number of rotatable bonds is 10. The average Bonchev–Trinajstić information content (AvgIpc) is 2.75. The van der Waals surface area contributed by atoms with Crippen molar-refractivity contribution < 1.29 is 0 Å². The summed E-state index contributed by atoms with van der Waals surface area (Å²) in [5.74, 6) is 0.140. The van der Waals surface area contributed by atoms with Crippen molar-refractivity contribution in [3.8, 4) is 0 Å². The Morgan fingerprint density at radius 2 is 1.23 bits per heavy atom. The lowest BCUT2D eigenvalue weighted by Crippen LogP contribution is -2.28. The van der Waals surface area contributed by atoms with E-state index in [4.69, 9.17) is 28.9 Å². The van der Waals surface area contributed by atoms with E-state index < -0.39 is 0 Å². The minimum absolute atomic E-state index is 0. The van der Waals surface area contributed by atoms with Gasteiger partial charge in [-0.2, -0.15) is 10.2 Å². The number of hydrogen-bond acceptors (Lipinski definition) is 3. The number of nitrogens with one attached hydrogen (secondary N) is 1. The fourth-order valence-corrected chi connectivity index (χ4v) is 3.00. The van der Waals surface area contributed by atoms with Gasteiger partial charge in [-0.05, 0) is 61.1 Å². The van der Waals surface area contributed by atoms with E-state index in [1.54, 1.807) is 0 Å². The summed E-state index contributed by atoms with van der Waals surface area (Å²) < 4.78 is 0. The molecule has 5 nitrogen and oxygen atoms in total. The van der Waals surface area contributed by atoms with E-state index in [1.807, 2.05) is 48.5 Å². The molecule has 0 aliphatic heterocycles. The van der Waals surface area contributed by atoms with Crippen LogP contribution in [-0.2, 0) is 0 Å². The lowest BCUT2D eigenvalue weighted by atomic mass is 10.1. The second-order valence-electron chi connectivity index (χ2n) is 6.92. The molecular formula is C23H30Cl3N5. The van der Waals surface area contributed by atoms with E-state index in [0.29, 0.717) is 10.0 Å². The van der Waals surface area contributed by atoms with Gasteiger partial charge < -0.3 is 5.73 Å². The summed E-state index contributed by atoms with van der Waals surface area (Å²) in [7, 11) is 0. The van der Waals surface area contributed by atoms with E-state index >= 15 is 0 Å². The number of unbranched alkanes of at least 4 members (excludes halogenated alkanes) is 2. The van der Waals surface area contributed by atoms with E-state index in [2.05, 4.69) is 34.6 Å². The molecule has 0 radical (unpaired) electrons. The highest BCUT2D eigenvalue weighted by Gasteiger charge is 2.06. The fraction of sp³-hybridized carbons (Fsp3) is 0.348. The van der Waals surface area contributed by atoms with Crippen LogP contribution >= 0.6 is 35.6 Å². The van der Waals surface area contributed by atoms with Crippen molar-refractivity contribution in [1.29, 1.82) is 0 Å². The zero-order valence-corrected chi connectivity index (χ0v) is 20.3. The Balaban J connectivity index is 0.00000480. The maximum atomic E-state index is 6.01. The van der Waals surface area contributed by atoms with Crippen molar-refractivity contribution in [2.24, 2.45) is 21.0 Å². The lowest BCUT2D eigenvalue weighted by molar-refractivity contribution is 0.826. The first-order valence-corrected chi connectivity index (χ1v) is 11.0. The highest BCUT2D eigenvalue weighted by molar-refractivity contribution is 6.31. The van der Waals surface area contributed by atoms with Gasteiger partial charge in [-0.25, -0.2) is 5.43 Å². The van der Waals surface area contributed by atoms with E-state index in [1.165, 1.54) is 0 Å². The lowest BCUT2D eigenvalue weighted by Gasteiger charge is -2.08. The highest BCUT2D eigenvalue weighted by atomic mass is 35.5. The maximum Gasteiger partial charge on any atom is 0.234 e. The topological polar surface area (TPSA) is 75.1 Å². The zero-order valence-electron chi connectivity index (χ0n) is 17.9. The predicted octanol–water partition coefficient (Wildman–Crippen LogP) is 6.81. The van der Waals surface area contributed by atoms with E-state index in [0.717, 1.165) is 61.1 Å². The maximum absolute atomic E-state index is 6.01. The average molecular weight is 483 g/mol. The summed E-state index contributed by atoms with van der Waals surface area (Å²) in [6, 6.07) is 15.2. The van der Waals surface area contributed by atoms with Crippen LogP contribution in [0.1, 0.15) is 63.5 Å². The molecule has 168 valence electrons. The Kier molecular flexibility index (Phi) is 12.9. The quantitative estimate of drug-likeness (QED) is 0.222. The third kappa shape index (κ3) is 9.72. The number of guanidine groups is 1. The van der Waals surface area contributed by atoms with Crippen molar-refractivity contribution in [2.75, 3.05) is 0 Å². The molecule has 2 rings (SSSR count). The third-order valence-corrected chi connectivity index (χ3v) is 4.98. The van der Waals surface area contributed by atoms with E-state index in [9.17, 15) is 0 Å². The monoisotopic (exact) mass is 481 g/mol. The smallest absolute Gasteiger partial charge is 0.234 e. The zero-order chi connectivity index (χ0) is 21.8. The van der Waals surface area contributed by atoms with Crippen LogP contribution in [0.2, 0.25) is 10.0 Å². The summed E-state index contributed by atoms with van der Waals surface area (Å²) >= 11 is 12.0. The molecule has 0 amide bonds. The van der Waals surface area contributed by atoms with Crippen LogP contribution in [0, 0.1) is 0 Å². The minimum atomic E-state index is 0. The SMILES string of the molecule is CCCC/C(=N\N=C(/N)N/N=C(\CCCC)c1ccc(Cl)cc1)c1ccc(Cl)cc1.Cl. The molecule has 0 saturated heterocycles. The highest BCUT2D eigenvalue weighted by Crippen LogP contribution is 2.14. The second kappa shape index (κ2) is 14.8. The molecule has 0 fully saturated rings. The van der Waals surface area contributed by atoms with Gasteiger partial charge in [0.1, 0.15) is 0 Å². The van der Waals surface area contributed by atoms with Crippen LogP contribution in [0.5, 0.6) is 0 Å². The van der Waals surface area contributed by atoms with Gasteiger partial charge in [0.05, 0.1) is 11.4 Å². The van der Waals surface area contributed by atoms with Crippen LogP contribution in [0.25, 0.3) is 0 Å². The van der Waals surface area contributed by atoms with Crippen LogP contribution in [-0.4, -0.2) is 17.4 Å². The third-order valence-electron chi connectivity index (χ3n) is 4.47. The first kappa shape index (κ1) is 27.0. The number of halogens is 3. The summed E-state index contributed by atoms with van der Waals surface area (Å²) in [6.07, 6.45) is 5.81. The van der Waals surface area contributed by atoms with Gasteiger partial charge in [0.2, 0.25) is 5.96 Å². The van der Waals surface area contributed by atoms with Gasteiger partial charge >= 0.3 is 0 Å². The molecule has 8 heteroatoms. The van der Waals surface area contributed by atoms with Crippen molar-refractivity contribution >= 4 is 53.0 Å². The van der Waals surface area contributed by atoms with Gasteiger partial charge in [-0.15, -0.1) is 17.5 Å². The van der Waals surface area contributed by atoms with Crippen LogP contribution in [0.4, 0.5) is 0 Å². The Hall–Kier alpha value is -2.08. The first-order valence-electron chi connectivity index (χ1n) is 10.3. The molecule has 0 aliphatic rings. The largest absolute Gasteiger partial charge is 0.367 e. The van der Waals surface area contributed by atoms with Gasteiger partial charge in [0, 0.05) is 10.0 Å². The molecule has 31 heavy (non-hydrogen) atoms. The molecular weight excluding hydrogens is 453 g/mol. The Bertz CT molecular complexity index is 875. The summed E-state index contributed by atoms with van der Waals surface area (Å²) in [5, 5.41) is 14.4. The van der Waals surface area contributed by atoms with Crippen molar-refractivity contribution in [1.82, 2.24) is 5.43 Å².